The van der Waals surface area contributed by atoms with Crippen molar-refractivity contribution >= 4 is 11.8 Å². The number of thioether (sulfide) groups is 1. The van der Waals surface area contributed by atoms with E-state index in [1.54, 1.807) is 24.5 Å². The lowest BCUT2D eigenvalue weighted by Crippen LogP contribution is -2.14. The first-order chi connectivity index (χ1) is 10.6. The SMILES string of the molecule is CCOc1ccc(-c2nc(SC)[nH]c(=O)c2C#N)cc1OC. The van der Waals surface area contributed by atoms with Crippen LogP contribution in [0, 0.1) is 11.3 Å². The van der Waals surface area contributed by atoms with Gasteiger partial charge in [-0.2, -0.15) is 5.26 Å². The fourth-order valence-corrected chi connectivity index (χ4v) is 2.33. The van der Waals surface area contributed by atoms with Crippen LogP contribution in [-0.4, -0.2) is 29.9 Å². The molecule has 0 amide bonds. The summed E-state index contributed by atoms with van der Waals surface area (Å²) < 4.78 is 10.8. The van der Waals surface area contributed by atoms with Gasteiger partial charge in [0.2, 0.25) is 0 Å². The van der Waals surface area contributed by atoms with E-state index in [0.29, 0.717) is 34.5 Å². The highest BCUT2D eigenvalue weighted by molar-refractivity contribution is 7.98. The van der Waals surface area contributed by atoms with Crippen LogP contribution >= 0.6 is 11.8 Å². The number of nitriles is 1. The molecule has 1 aromatic heterocycles. The summed E-state index contributed by atoms with van der Waals surface area (Å²) in [6.45, 7) is 2.39. The second-order valence-corrected chi connectivity index (χ2v) is 5.00. The smallest absolute Gasteiger partial charge is 0.270 e. The molecule has 0 atom stereocenters. The molecule has 0 saturated heterocycles. The van der Waals surface area contributed by atoms with Crippen molar-refractivity contribution in [3.8, 4) is 28.8 Å². The number of aromatic amines is 1. The Labute approximate surface area is 132 Å². The van der Waals surface area contributed by atoms with Crippen LogP contribution in [0.4, 0.5) is 0 Å². The summed E-state index contributed by atoms with van der Waals surface area (Å²) in [6.07, 6.45) is 1.80. The van der Waals surface area contributed by atoms with Crippen LogP contribution < -0.4 is 15.0 Å². The van der Waals surface area contributed by atoms with Crippen LogP contribution in [0.1, 0.15) is 12.5 Å². The monoisotopic (exact) mass is 317 g/mol. The molecule has 1 aromatic carbocycles. The molecule has 0 aliphatic rings. The predicted octanol–water partition coefficient (Wildman–Crippen LogP) is 2.44. The highest BCUT2D eigenvalue weighted by Crippen LogP contribution is 2.32. The zero-order valence-electron chi connectivity index (χ0n) is 12.5. The van der Waals surface area contributed by atoms with Crippen molar-refractivity contribution in [1.29, 1.82) is 5.26 Å². The number of aromatic nitrogens is 2. The molecular weight excluding hydrogens is 302 g/mol. The minimum atomic E-state index is -0.454. The van der Waals surface area contributed by atoms with Crippen LogP contribution in [0.5, 0.6) is 11.5 Å². The number of nitrogens with one attached hydrogen (secondary N) is 1. The number of rotatable bonds is 5. The van der Waals surface area contributed by atoms with Gasteiger partial charge in [0, 0.05) is 5.56 Å². The molecule has 7 heteroatoms. The summed E-state index contributed by atoms with van der Waals surface area (Å²) in [5.74, 6) is 1.12. The van der Waals surface area contributed by atoms with E-state index in [-0.39, 0.29) is 5.56 Å². The zero-order valence-corrected chi connectivity index (χ0v) is 13.3. The van der Waals surface area contributed by atoms with E-state index in [2.05, 4.69) is 9.97 Å². The molecule has 0 fully saturated rings. The quantitative estimate of drug-likeness (QED) is 0.673. The van der Waals surface area contributed by atoms with E-state index < -0.39 is 5.56 Å². The van der Waals surface area contributed by atoms with Gasteiger partial charge in [-0.05, 0) is 31.4 Å². The highest BCUT2D eigenvalue weighted by atomic mass is 32.2. The van der Waals surface area contributed by atoms with E-state index in [1.165, 1.54) is 18.9 Å². The van der Waals surface area contributed by atoms with E-state index in [9.17, 15) is 10.1 Å². The summed E-state index contributed by atoms with van der Waals surface area (Å²) in [5.41, 5.74) is 0.476. The van der Waals surface area contributed by atoms with Crippen LogP contribution in [0.2, 0.25) is 0 Å². The lowest BCUT2D eigenvalue weighted by Gasteiger charge is -2.11. The van der Waals surface area contributed by atoms with E-state index in [0.717, 1.165) is 0 Å². The van der Waals surface area contributed by atoms with Crippen LogP contribution in [0.15, 0.2) is 28.2 Å². The van der Waals surface area contributed by atoms with Gasteiger partial charge in [0.05, 0.1) is 19.4 Å². The van der Waals surface area contributed by atoms with E-state index in [4.69, 9.17) is 9.47 Å². The van der Waals surface area contributed by atoms with Crippen molar-refractivity contribution in [2.45, 2.75) is 12.1 Å². The molecule has 0 saturated carbocycles. The molecule has 0 radical (unpaired) electrons. The van der Waals surface area contributed by atoms with Gasteiger partial charge in [0.15, 0.2) is 16.7 Å². The molecule has 0 spiro atoms. The number of ether oxygens (including phenoxy) is 2. The van der Waals surface area contributed by atoms with Crippen molar-refractivity contribution in [2.24, 2.45) is 0 Å². The largest absolute Gasteiger partial charge is 0.493 e. The van der Waals surface area contributed by atoms with Crippen LogP contribution in [-0.2, 0) is 0 Å². The first-order valence-electron chi connectivity index (χ1n) is 6.54. The van der Waals surface area contributed by atoms with Gasteiger partial charge in [-0.15, -0.1) is 0 Å². The average molecular weight is 317 g/mol. The zero-order chi connectivity index (χ0) is 16.1. The number of benzene rings is 1. The molecule has 0 bridgehead atoms. The lowest BCUT2D eigenvalue weighted by atomic mass is 10.1. The second-order valence-electron chi connectivity index (χ2n) is 4.21. The summed E-state index contributed by atoms with van der Waals surface area (Å²) in [6, 6.07) is 7.10. The number of hydrogen-bond acceptors (Lipinski definition) is 6. The third-order valence-corrected chi connectivity index (χ3v) is 3.52. The van der Waals surface area contributed by atoms with E-state index in [1.807, 2.05) is 13.0 Å². The summed E-state index contributed by atoms with van der Waals surface area (Å²) in [5, 5.41) is 9.67. The second kappa shape index (κ2) is 7.00. The molecule has 22 heavy (non-hydrogen) atoms. The van der Waals surface area contributed by atoms with Crippen molar-refractivity contribution in [3.05, 3.63) is 34.1 Å². The standard InChI is InChI=1S/C15H15N3O3S/c1-4-21-11-6-5-9(7-12(11)20-2)13-10(8-16)14(19)18-15(17-13)22-3/h5-7H,4H2,1-3H3,(H,17,18,19). The Morgan fingerprint density at radius 1 is 1.41 bits per heavy atom. The Morgan fingerprint density at radius 3 is 2.77 bits per heavy atom. The Kier molecular flexibility index (Phi) is 5.07. The summed E-state index contributed by atoms with van der Waals surface area (Å²) >= 11 is 1.30. The lowest BCUT2D eigenvalue weighted by molar-refractivity contribution is 0.311. The molecular formula is C15H15N3O3S. The van der Waals surface area contributed by atoms with Gasteiger partial charge in [-0.25, -0.2) is 4.98 Å². The topological polar surface area (TPSA) is 88.0 Å². The molecule has 2 rings (SSSR count). The Balaban J connectivity index is 2.63. The molecule has 2 aromatic rings. The number of nitrogens with zero attached hydrogens (tertiary/aromatic N) is 2. The third kappa shape index (κ3) is 3.07. The third-order valence-electron chi connectivity index (χ3n) is 2.94. The van der Waals surface area contributed by atoms with Gasteiger partial charge >= 0.3 is 0 Å². The Morgan fingerprint density at radius 2 is 2.18 bits per heavy atom. The van der Waals surface area contributed by atoms with Gasteiger partial charge in [0.25, 0.3) is 5.56 Å². The number of H-pyrrole nitrogens is 1. The predicted molar refractivity (Wildman–Crippen MR) is 84.5 cm³/mol. The highest BCUT2D eigenvalue weighted by Gasteiger charge is 2.15. The van der Waals surface area contributed by atoms with Crippen molar-refractivity contribution in [3.63, 3.8) is 0 Å². The molecule has 0 aliphatic heterocycles. The van der Waals surface area contributed by atoms with E-state index >= 15 is 0 Å². The fourth-order valence-electron chi connectivity index (χ4n) is 1.95. The van der Waals surface area contributed by atoms with Crippen LogP contribution in [0.3, 0.4) is 0 Å². The first-order valence-corrected chi connectivity index (χ1v) is 7.76. The van der Waals surface area contributed by atoms with Crippen LogP contribution in [0.25, 0.3) is 11.3 Å². The molecule has 1 N–H and O–H groups in total. The minimum absolute atomic E-state index is 0.0241. The fraction of sp³-hybridized carbons (Fsp3) is 0.267. The molecule has 114 valence electrons. The Bertz CT molecular complexity index is 781. The molecule has 1 heterocycles. The van der Waals surface area contributed by atoms with Crippen molar-refractivity contribution in [2.75, 3.05) is 20.0 Å². The molecule has 0 aliphatic carbocycles. The first kappa shape index (κ1) is 15.9. The normalized spacial score (nSPS) is 10.1. The van der Waals surface area contributed by atoms with Crippen molar-refractivity contribution in [1.82, 2.24) is 9.97 Å². The summed E-state index contributed by atoms with van der Waals surface area (Å²) in [4.78, 5) is 18.9. The van der Waals surface area contributed by atoms with Gasteiger partial charge in [-0.1, -0.05) is 11.8 Å². The Hall–Kier alpha value is -2.46. The average Bonchev–Trinajstić information content (AvgIpc) is 2.54. The van der Waals surface area contributed by atoms with Gasteiger partial charge in [-0.3, -0.25) is 4.79 Å². The van der Waals surface area contributed by atoms with Crippen molar-refractivity contribution < 1.29 is 9.47 Å². The maximum atomic E-state index is 12.0. The number of hydrogen-bond donors (Lipinski definition) is 1. The minimum Gasteiger partial charge on any atom is -0.493 e. The number of methoxy groups -OCH3 is 1. The van der Waals surface area contributed by atoms with Gasteiger partial charge < -0.3 is 14.5 Å². The summed E-state index contributed by atoms with van der Waals surface area (Å²) in [7, 11) is 1.53. The molecule has 6 nitrogen and oxygen atoms in total. The maximum Gasteiger partial charge on any atom is 0.270 e. The van der Waals surface area contributed by atoms with Gasteiger partial charge in [0.1, 0.15) is 11.6 Å². The maximum absolute atomic E-state index is 12.0. The molecule has 0 unspecified atom stereocenters.